The summed E-state index contributed by atoms with van der Waals surface area (Å²) in [4.78, 5) is 13.4. The summed E-state index contributed by atoms with van der Waals surface area (Å²) in [5, 5.41) is 4.90. The number of hydrogen-bond acceptors (Lipinski definition) is 3. The van der Waals surface area contributed by atoms with Crippen molar-refractivity contribution >= 4 is 22.9 Å². The van der Waals surface area contributed by atoms with E-state index < -0.39 is 0 Å². The monoisotopic (exact) mass is 347 g/mol. The molecule has 3 nitrogen and oxygen atoms in total. The first-order chi connectivity index (χ1) is 12.2. The third-order valence-corrected chi connectivity index (χ3v) is 4.18. The van der Waals surface area contributed by atoms with Crippen LogP contribution in [0.15, 0.2) is 66.0 Å². The summed E-state index contributed by atoms with van der Waals surface area (Å²) in [6.07, 6.45) is 0. The van der Waals surface area contributed by atoms with Crippen molar-refractivity contribution in [3.8, 4) is 17.6 Å². The quantitative estimate of drug-likeness (QED) is 0.689. The highest BCUT2D eigenvalue weighted by atomic mass is 32.1. The highest BCUT2D eigenvalue weighted by Crippen LogP contribution is 2.15. The molecule has 2 aromatic carbocycles. The van der Waals surface area contributed by atoms with E-state index in [1.807, 2.05) is 48.7 Å². The Hall–Kier alpha value is -3.03. The van der Waals surface area contributed by atoms with E-state index in [9.17, 15) is 4.79 Å². The number of anilines is 1. The molecule has 0 bridgehead atoms. The SMILES string of the molecule is CCOc1ccc(C(=O)Nc2cccc(C#Cc3cccs3)c2)cc1. The number of amides is 1. The van der Waals surface area contributed by atoms with Gasteiger partial charge in [-0.15, -0.1) is 11.3 Å². The molecule has 0 saturated heterocycles. The standard InChI is InChI=1S/C21H17NO2S/c1-2-24-19-11-9-17(10-12-19)21(23)22-18-6-3-5-16(15-18)8-13-20-7-4-14-25-20/h3-7,9-12,14-15H,2H2,1H3,(H,22,23). The molecule has 0 spiro atoms. The fourth-order valence-electron chi connectivity index (χ4n) is 2.23. The molecule has 4 heteroatoms. The van der Waals surface area contributed by atoms with Crippen molar-refractivity contribution in [3.05, 3.63) is 82.0 Å². The van der Waals surface area contributed by atoms with Crippen molar-refractivity contribution in [1.82, 2.24) is 0 Å². The van der Waals surface area contributed by atoms with Crippen molar-refractivity contribution < 1.29 is 9.53 Å². The van der Waals surface area contributed by atoms with E-state index in [4.69, 9.17) is 4.74 Å². The second-order valence-electron chi connectivity index (χ2n) is 5.22. The highest BCUT2D eigenvalue weighted by molar-refractivity contribution is 7.10. The Kier molecular flexibility index (Phi) is 5.50. The zero-order valence-electron chi connectivity index (χ0n) is 13.8. The maximum Gasteiger partial charge on any atom is 0.255 e. The second kappa shape index (κ2) is 8.18. The summed E-state index contributed by atoms with van der Waals surface area (Å²) in [5.41, 5.74) is 2.16. The summed E-state index contributed by atoms with van der Waals surface area (Å²) in [6, 6.07) is 18.6. The maximum atomic E-state index is 12.4. The molecule has 124 valence electrons. The van der Waals surface area contributed by atoms with Crippen molar-refractivity contribution in [2.24, 2.45) is 0 Å². The van der Waals surface area contributed by atoms with Crippen molar-refractivity contribution in [1.29, 1.82) is 0 Å². The average molecular weight is 347 g/mol. The zero-order valence-corrected chi connectivity index (χ0v) is 14.6. The van der Waals surface area contributed by atoms with E-state index in [-0.39, 0.29) is 5.91 Å². The van der Waals surface area contributed by atoms with Crippen LogP contribution in [-0.4, -0.2) is 12.5 Å². The van der Waals surface area contributed by atoms with E-state index in [1.54, 1.807) is 35.6 Å². The number of ether oxygens (including phenoxy) is 1. The fraction of sp³-hybridized carbons (Fsp3) is 0.0952. The Labute approximate surface area is 151 Å². The van der Waals surface area contributed by atoms with Crippen LogP contribution in [0.3, 0.4) is 0 Å². The molecular weight excluding hydrogens is 330 g/mol. The number of thiophene rings is 1. The van der Waals surface area contributed by atoms with Gasteiger partial charge in [-0.2, -0.15) is 0 Å². The van der Waals surface area contributed by atoms with Crippen LogP contribution in [0.2, 0.25) is 0 Å². The molecule has 0 aliphatic heterocycles. The third-order valence-electron chi connectivity index (χ3n) is 3.40. The van der Waals surface area contributed by atoms with E-state index in [1.165, 1.54) is 0 Å². The lowest BCUT2D eigenvalue weighted by Crippen LogP contribution is -2.11. The predicted octanol–water partition coefficient (Wildman–Crippen LogP) is 4.80. The molecular formula is C21H17NO2S. The van der Waals surface area contributed by atoms with E-state index in [0.29, 0.717) is 12.2 Å². The molecule has 0 atom stereocenters. The molecule has 25 heavy (non-hydrogen) atoms. The Balaban J connectivity index is 1.70. The Bertz CT molecular complexity index is 903. The maximum absolute atomic E-state index is 12.4. The number of carbonyl (C=O) groups excluding carboxylic acids is 1. The summed E-state index contributed by atoms with van der Waals surface area (Å²) in [6.45, 7) is 2.53. The Morgan fingerprint density at radius 2 is 1.92 bits per heavy atom. The van der Waals surface area contributed by atoms with Gasteiger partial charge in [0.15, 0.2) is 0 Å². The smallest absolute Gasteiger partial charge is 0.255 e. The van der Waals surface area contributed by atoms with Crippen LogP contribution < -0.4 is 10.1 Å². The first-order valence-corrected chi connectivity index (χ1v) is 8.82. The van der Waals surface area contributed by atoms with E-state index in [2.05, 4.69) is 17.2 Å². The Morgan fingerprint density at radius 3 is 2.64 bits per heavy atom. The van der Waals surface area contributed by atoms with Gasteiger partial charge in [-0.25, -0.2) is 0 Å². The van der Waals surface area contributed by atoms with Crippen molar-refractivity contribution in [3.63, 3.8) is 0 Å². The van der Waals surface area contributed by atoms with Crippen LogP contribution in [0, 0.1) is 11.8 Å². The summed E-state index contributed by atoms with van der Waals surface area (Å²) in [5.74, 6) is 6.82. The Morgan fingerprint density at radius 1 is 1.08 bits per heavy atom. The van der Waals surface area contributed by atoms with Gasteiger partial charge in [0.05, 0.1) is 11.5 Å². The lowest BCUT2D eigenvalue weighted by atomic mass is 10.1. The summed E-state index contributed by atoms with van der Waals surface area (Å²) in [7, 11) is 0. The fourth-order valence-corrected chi connectivity index (χ4v) is 2.80. The van der Waals surface area contributed by atoms with Crippen molar-refractivity contribution in [2.75, 3.05) is 11.9 Å². The second-order valence-corrected chi connectivity index (χ2v) is 6.17. The zero-order chi connectivity index (χ0) is 17.5. The summed E-state index contributed by atoms with van der Waals surface area (Å²) < 4.78 is 5.39. The lowest BCUT2D eigenvalue weighted by molar-refractivity contribution is 0.102. The van der Waals surface area contributed by atoms with E-state index >= 15 is 0 Å². The van der Waals surface area contributed by atoms with Crippen LogP contribution >= 0.6 is 11.3 Å². The molecule has 0 fully saturated rings. The van der Waals surface area contributed by atoms with Gasteiger partial charge in [0, 0.05) is 16.8 Å². The average Bonchev–Trinajstić information content (AvgIpc) is 3.15. The molecule has 1 N–H and O–H groups in total. The number of hydrogen-bond donors (Lipinski definition) is 1. The van der Waals surface area contributed by atoms with Gasteiger partial charge in [0.2, 0.25) is 0 Å². The molecule has 0 unspecified atom stereocenters. The van der Waals surface area contributed by atoms with Crippen LogP contribution in [-0.2, 0) is 0 Å². The largest absolute Gasteiger partial charge is 0.494 e. The minimum atomic E-state index is -0.161. The van der Waals surface area contributed by atoms with Crippen LogP contribution in [0.25, 0.3) is 0 Å². The number of benzene rings is 2. The third kappa shape index (κ3) is 4.72. The normalized spacial score (nSPS) is 9.80. The van der Waals surface area contributed by atoms with Gasteiger partial charge in [0.25, 0.3) is 5.91 Å². The van der Waals surface area contributed by atoms with E-state index in [0.717, 1.165) is 21.9 Å². The molecule has 0 aliphatic carbocycles. The lowest BCUT2D eigenvalue weighted by Gasteiger charge is -2.07. The molecule has 3 rings (SSSR count). The van der Waals surface area contributed by atoms with Gasteiger partial charge in [-0.1, -0.05) is 24.0 Å². The summed E-state index contributed by atoms with van der Waals surface area (Å²) >= 11 is 1.61. The van der Waals surface area contributed by atoms with Crippen LogP contribution in [0.4, 0.5) is 5.69 Å². The van der Waals surface area contributed by atoms with Gasteiger partial charge in [-0.05, 0) is 60.8 Å². The van der Waals surface area contributed by atoms with Crippen LogP contribution in [0.1, 0.15) is 27.7 Å². The van der Waals surface area contributed by atoms with Gasteiger partial charge < -0.3 is 10.1 Å². The first-order valence-electron chi connectivity index (χ1n) is 7.94. The molecule has 1 amide bonds. The van der Waals surface area contributed by atoms with Gasteiger partial charge in [0.1, 0.15) is 5.75 Å². The van der Waals surface area contributed by atoms with Crippen LogP contribution in [0.5, 0.6) is 5.75 Å². The molecule has 0 saturated carbocycles. The molecule has 1 heterocycles. The van der Waals surface area contributed by atoms with Gasteiger partial charge in [-0.3, -0.25) is 4.79 Å². The molecule has 3 aromatic rings. The minimum Gasteiger partial charge on any atom is -0.494 e. The minimum absolute atomic E-state index is 0.161. The topological polar surface area (TPSA) is 38.3 Å². The molecule has 0 radical (unpaired) electrons. The highest BCUT2D eigenvalue weighted by Gasteiger charge is 2.06. The van der Waals surface area contributed by atoms with Gasteiger partial charge >= 0.3 is 0 Å². The molecule has 0 aliphatic rings. The number of nitrogens with one attached hydrogen (secondary N) is 1. The molecule has 1 aromatic heterocycles. The first kappa shape index (κ1) is 16.8. The van der Waals surface area contributed by atoms with Crippen molar-refractivity contribution in [2.45, 2.75) is 6.92 Å². The number of rotatable bonds is 4. The predicted molar refractivity (Wildman–Crippen MR) is 102 cm³/mol. The number of carbonyl (C=O) groups is 1.